The number of hydrogen-bond donors (Lipinski definition) is 1. The fourth-order valence-corrected chi connectivity index (χ4v) is 1.00. The van der Waals surface area contributed by atoms with Gasteiger partial charge in [-0.2, -0.15) is 0 Å². The summed E-state index contributed by atoms with van der Waals surface area (Å²) >= 11 is 0. The van der Waals surface area contributed by atoms with Crippen molar-refractivity contribution >= 4 is 0 Å². The van der Waals surface area contributed by atoms with E-state index in [9.17, 15) is 5.11 Å². The number of aliphatic hydroxyl groups is 1. The summed E-state index contributed by atoms with van der Waals surface area (Å²) in [7, 11) is 1.84. The van der Waals surface area contributed by atoms with E-state index in [-0.39, 0.29) is 0 Å². The molecule has 0 amide bonds. The average molecular weight is 170 g/mol. The summed E-state index contributed by atoms with van der Waals surface area (Å²) in [5.41, 5.74) is 0. The van der Waals surface area contributed by atoms with Crippen molar-refractivity contribution < 1.29 is 9.84 Å². The molecule has 0 saturated heterocycles. The maximum absolute atomic E-state index is 9.51. The van der Waals surface area contributed by atoms with Gasteiger partial charge in [-0.05, 0) is 6.92 Å². The minimum Gasteiger partial charge on any atom is -0.383 e. The highest BCUT2D eigenvalue weighted by atomic mass is 16.5. The highest BCUT2D eigenvalue weighted by Crippen LogP contribution is 2.08. The second kappa shape index (κ2) is 4.23. The lowest BCUT2D eigenvalue weighted by atomic mass is 10.3. The molecule has 0 radical (unpaired) electrons. The van der Waals surface area contributed by atoms with Crippen LogP contribution >= 0.6 is 0 Å². The molecule has 1 unspecified atom stereocenters. The molecule has 0 fully saturated rings. The molecule has 68 valence electrons. The fraction of sp³-hybridized carbons (Fsp3) is 0.625. The van der Waals surface area contributed by atoms with E-state index in [2.05, 4.69) is 4.98 Å². The summed E-state index contributed by atoms with van der Waals surface area (Å²) in [6.07, 6.45) is 2.83. The Morgan fingerprint density at radius 1 is 1.75 bits per heavy atom. The van der Waals surface area contributed by atoms with E-state index in [1.807, 2.05) is 14.0 Å². The molecular weight excluding hydrogens is 156 g/mol. The van der Waals surface area contributed by atoms with Crippen molar-refractivity contribution in [1.29, 1.82) is 0 Å². The molecule has 1 aromatic rings. The zero-order chi connectivity index (χ0) is 8.97. The second-order valence-electron chi connectivity index (χ2n) is 2.57. The first-order valence-corrected chi connectivity index (χ1v) is 3.98. The third-order valence-electron chi connectivity index (χ3n) is 1.64. The van der Waals surface area contributed by atoms with Crippen LogP contribution in [0.3, 0.4) is 0 Å². The normalized spacial score (nSPS) is 13.2. The standard InChI is InChI=1S/C8H14N2O2/c1-3-12-6-7(11)8-9-4-5-10(8)2/h4-5,7,11H,3,6H2,1-2H3. The van der Waals surface area contributed by atoms with Crippen LogP contribution in [-0.4, -0.2) is 27.9 Å². The van der Waals surface area contributed by atoms with Crippen LogP contribution in [0.2, 0.25) is 0 Å². The third kappa shape index (κ3) is 2.06. The van der Waals surface area contributed by atoms with Crippen LogP contribution in [0.1, 0.15) is 18.9 Å². The van der Waals surface area contributed by atoms with Gasteiger partial charge in [-0.25, -0.2) is 4.98 Å². The molecule has 1 atom stereocenters. The number of aromatic nitrogens is 2. The predicted octanol–water partition coefficient (Wildman–Crippen LogP) is 0.490. The molecular formula is C8H14N2O2. The topological polar surface area (TPSA) is 47.3 Å². The van der Waals surface area contributed by atoms with Crippen LogP contribution < -0.4 is 0 Å². The van der Waals surface area contributed by atoms with Crippen molar-refractivity contribution in [2.75, 3.05) is 13.2 Å². The summed E-state index contributed by atoms with van der Waals surface area (Å²) in [6, 6.07) is 0. The molecule has 12 heavy (non-hydrogen) atoms. The molecule has 1 rings (SSSR count). The van der Waals surface area contributed by atoms with Gasteiger partial charge in [-0.3, -0.25) is 0 Å². The number of nitrogens with zero attached hydrogens (tertiary/aromatic N) is 2. The Balaban J connectivity index is 2.52. The van der Waals surface area contributed by atoms with Gasteiger partial charge in [0.05, 0.1) is 6.61 Å². The Morgan fingerprint density at radius 2 is 2.50 bits per heavy atom. The van der Waals surface area contributed by atoms with E-state index in [1.54, 1.807) is 17.0 Å². The van der Waals surface area contributed by atoms with Gasteiger partial charge in [0, 0.05) is 26.0 Å². The first kappa shape index (κ1) is 9.22. The molecule has 0 spiro atoms. The lowest BCUT2D eigenvalue weighted by molar-refractivity contribution is 0.0359. The van der Waals surface area contributed by atoms with Crippen LogP contribution in [-0.2, 0) is 11.8 Å². The van der Waals surface area contributed by atoms with Gasteiger partial charge >= 0.3 is 0 Å². The van der Waals surface area contributed by atoms with E-state index < -0.39 is 6.10 Å². The molecule has 0 bridgehead atoms. The smallest absolute Gasteiger partial charge is 0.139 e. The van der Waals surface area contributed by atoms with Crippen molar-refractivity contribution in [1.82, 2.24) is 9.55 Å². The highest BCUT2D eigenvalue weighted by Gasteiger charge is 2.11. The second-order valence-corrected chi connectivity index (χ2v) is 2.57. The van der Waals surface area contributed by atoms with Gasteiger partial charge in [0.2, 0.25) is 0 Å². The number of rotatable bonds is 4. The van der Waals surface area contributed by atoms with Crippen LogP contribution in [0.15, 0.2) is 12.4 Å². The average Bonchev–Trinajstić information content (AvgIpc) is 2.47. The van der Waals surface area contributed by atoms with E-state index in [0.29, 0.717) is 19.0 Å². The van der Waals surface area contributed by atoms with Crippen LogP contribution in [0.5, 0.6) is 0 Å². The maximum Gasteiger partial charge on any atom is 0.139 e. The van der Waals surface area contributed by atoms with Gasteiger partial charge in [-0.1, -0.05) is 0 Å². The van der Waals surface area contributed by atoms with Crippen molar-refractivity contribution in [2.45, 2.75) is 13.0 Å². The van der Waals surface area contributed by atoms with Gasteiger partial charge in [0.1, 0.15) is 11.9 Å². The molecule has 0 aliphatic carbocycles. The third-order valence-corrected chi connectivity index (χ3v) is 1.64. The number of ether oxygens (including phenoxy) is 1. The molecule has 1 heterocycles. The van der Waals surface area contributed by atoms with Gasteiger partial charge < -0.3 is 14.4 Å². The summed E-state index contributed by atoms with van der Waals surface area (Å²) < 4.78 is 6.85. The predicted molar refractivity (Wildman–Crippen MR) is 44.7 cm³/mol. The van der Waals surface area contributed by atoms with Gasteiger partial charge in [-0.15, -0.1) is 0 Å². The number of imidazole rings is 1. The van der Waals surface area contributed by atoms with Crippen LogP contribution in [0.25, 0.3) is 0 Å². The largest absolute Gasteiger partial charge is 0.383 e. The summed E-state index contributed by atoms with van der Waals surface area (Å²) in [5.74, 6) is 0.642. The highest BCUT2D eigenvalue weighted by molar-refractivity contribution is 4.95. The SMILES string of the molecule is CCOCC(O)c1nccn1C. The lowest BCUT2D eigenvalue weighted by Gasteiger charge is -2.09. The Hall–Kier alpha value is -0.870. The zero-order valence-corrected chi connectivity index (χ0v) is 7.40. The maximum atomic E-state index is 9.51. The Kier molecular flexibility index (Phi) is 3.25. The molecule has 4 nitrogen and oxygen atoms in total. The monoisotopic (exact) mass is 170 g/mol. The molecule has 1 N–H and O–H groups in total. The molecule has 0 aliphatic rings. The number of aryl methyl sites for hydroxylation is 1. The summed E-state index contributed by atoms with van der Waals surface area (Å²) in [6.45, 7) is 2.81. The summed E-state index contributed by atoms with van der Waals surface area (Å²) in [4.78, 5) is 4.00. The lowest BCUT2D eigenvalue weighted by Crippen LogP contribution is -2.11. The first-order valence-electron chi connectivity index (χ1n) is 3.98. The van der Waals surface area contributed by atoms with Gasteiger partial charge in [0.25, 0.3) is 0 Å². The van der Waals surface area contributed by atoms with Gasteiger partial charge in [0.15, 0.2) is 0 Å². The molecule has 0 saturated carbocycles. The van der Waals surface area contributed by atoms with E-state index in [1.165, 1.54) is 0 Å². The quantitative estimate of drug-likeness (QED) is 0.715. The molecule has 0 aliphatic heterocycles. The van der Waals surface area contributed by atoms with E-state index >= 15 is 0 Å². The Labute approximate surface area is 71.8 Å². The number of aliphatic hydroxyl groups excluding tert-OH is 1. The zero-order valence-electron chi connectivity index (χ0n) is 7.40. The van der Waals surface area contributed by atoms with Crippen molar-refractivity contribution in [3.63, 3.8) is 0 Å². The van der Waals surface area contributed by atoms with Crippen molar-refractivity contribution in [2.24, 2.45) is 7.05 Å². The number of hydrogen-bond acceptors (Lipinski definition) is 3. The van der Waals surface area contributed by atoms with Crippen LogP contribution in [0.4, 0.5) is 0 Å². The van der Waals surface area contributed by atoms with Crippen molar-refractivity contribution in [3.8, 4) is 0 Å². The molecule has 0 aromatic carbocycles. The molecule has 4 heteroatoms. The minimum absolute atomic E-state index is 0.307. The van der Waals surface area contributed by atoms with Crippen molar-refractivity contribution in [3.05, 3.63) is 18.2 Å². The Bertz CT molecular complexity index is 235. The van der Waals surface area contributed by atoms with E-state index in [4.69, 9.17) is 4.74 Å². The minimum atomic E-state index is -0.620. The Morgan fingerprint density at radius 3 is 3.00 bits per heavy atom. The fourth-order valence-electron chi connectivity index (χ4n) is 1.00. The summed E-state index contributed by atoms with van der Waals surface area (Å²) in [5, 5.41) is 9.51. The first-order chi connectivity index (χ1) is 5.75. The molecule has 1 aromatic heterocycles. The van der Waals surface area contributed by atoms with Crippen LogP contribution in [0, 0.1) is 0 Å². The van der Waals surface area contributed by atoms with E-state index in [0.717, 1.165) is 0 Å².